The molecule has 1 heterocycles. The number of hydrogen-bond donors (Lipinski definition) is 2. The van der Waals surface area contributed by atoms with Gasteiger partial charge in [-0.3, -0.25) is 4.79 Å². The number of nitrogens with zero attached hydrogens (tertiary/aromatic N) is 2. The monoisotopic (exact) mass is 253 g/mol. The summed E-state index contributed by atoms with van der Waals surface area (Å²) >= 11 is 0. The Hall–Kier alpha value is -1.85. The number of carbonyl (C=O) groups excluding carboxylic acids is 1. The van der Waals surface area contributed by atoms with E-state index in [-0.39, 0.29) is 17.5 Å². The van der Waals surface area contributed by atoms with E-state index in [0.29, 0.717) is 19.0 Å². The third-order valence-electron chi connectivity index (χ3n) is 2.94. The lowest BCUT2D eigenvalue weighted by atomic mass is 9.97. The maximum atomic E-state index is 11.7. The molecule has 0 radical (unpaired) electrons. The Morgan fingerprint density at radius 2 is 2.11 bits per heavy atom. The van der Waals surface area contributed by atoms with E-state index in [1.807, 2.05) is 20.8 Å². The number of nitrogens with one attached hydrogen (secondary N) is 1. The smallest absolute Gasteiger partial charge is 0.356 e. The number of aromatic carboxylic acids is 1. The number of rotatable bonds is 6. The molecule has 0 aliphatic carbocycles. The largest absolute Gasteiger partial charge is 0.476 e. The van der Waals surface area contributed by atoms with Crippen molar-refractivity contribution >= 4 is 11.9 Å². The van der Waals surface area contributed by atoms with Crippen LogP contribution in [-0.2, 0) is 11.3 Å². The van der Waals surface area contributed by atoms with Gasteiger partial charge in [0, 0.05) is 25.2 Å². The maximum absolute atomic E-state index is 11.7. The lowest BCUT2D eigenvalue weighted by Gasteiger charge is -2.15. The zero-order valence-electron chi connectivity index (χ0n) is 10.9. The molecule has 0 fully saturated rings. The molecule has 1 atom stereocenters. The average molecular weight is 253 g/mol. The molecule has 2 N–H and O–H groups in total. The van der Waals surface area contributed by atoms with E-state index in [1.165, 1.54) is 12.5 Å². The van der Waals surface area contributed by atoms with Gasteiger partial charge < -0.3 is 15.0 Å². The maximum Gasteiger partial charge on any atom is 0.356 e. The van der Waals surface area contributed by atoms with E-state index in [1.54, 1.807) is 4.57 Å². The van der Waals surface area contributed by atoms with Crippen molar-refractivity contribution in [2.45, 2.75) is 27.3 Å². The lowest BCUT2D eigenvalue weighted by Crippen LogP contribution is -2.33. The van der Waals surface area contributed by atoms with Crippen molar-refractivity contribution < 1.29 is 14.7 Å². The molecular formula is C12H19N3O3. The Morgan fingerprint density at radius 3 is 2.61 bits per heavy atom. The quantitative estimate of drug-likeness (QED) is 0.791. The molecule has 6 heteroatoms. The highest BCUT2D eigenvalue weighted by Crippen LogP contribution is 2.08. The summed E-state index contributed by atoms with van der Waals surface area (Å²) in [6.07, 6.45) is 2.89. The molecule has 6 nitrogen and oxygen atoms in total. The van der Waals surface area contributed by atoms with Gasteiger partial charge in [0.15, 0.2) is 5.69 Å². The number of aromatic nitrogens is 2. The molecular weight excluding hydrogens is 234 g/mol. The normalized spacial score (nSPS) is 12.4. The fraction of sp³-hybridized carbons (Fsp3) is 0.583. The van der Waals surface area contributed by atoms with Gasteiger partial charge in [-0.15, -0.1) is 0 Å². The minimum absolute atomic E-state index is 0.0110. The minimum atomic E-state index is -1.05. The molecule has 1 amide bonds. The van der Waals surface area contributed by atoms with Crippen molar-refractivity contribution in [1.29, 1.82) is 0 Å². The summed E-state index contributed by atoms with van der Waals surface area (Å²) in [7, 11) is 0. The van der Waals surface area contributed by atoms with Gasteiger partial charge in [-0.1, -0.05) is 20.8 Å². The van der Waals surface area contributed by atoms with Crippen LogP contribution in [0.3, 0.4) is 0 Å². The standard InChI is InChI=1S/C12H19N3O3/c1-8(2)9(3)11(16)13-4-5-15-6-10(12(17)18)14-7-15/h6-9H,4-5H2,1-3H3,(H,13,16)(H,17,18). The van der Waals surface area contributed by atoms with Crippen LogP contribution in [0.25, 0.3) is 0 Å². The summed E-state index contributed by atoms with van der Waals surface area (Å²) in [5, 5.41) is 11.5. The molecule has 0 saturated carbocycles. The van der Waals surface area contributed by atoms with Crippen molar-refractivity contribution in [1.82, 2.24) is 14.9 Å². The Balaban J connectivity index is 2.37. The summed E-state index contributed by atoms with van der Waals surface area (Å²) in [6.45, 7) is 6.86. The summed E-state index contributed by atoms with van der Waals surface area (Å²) in [5.74, 6) is -0.756. The van der Waals surface area contributed by atoms with E-state index in [4.69, 9.17) is 5.11 Å². The van der Waals surface area contributed by atoms with E-state index < -0.39 is 5.97 Å². The molecule has 0 aliphatic heterocycles. The highest BCUT2D eigenvalue weighted by Gasteiger charge is 2.15. The average Bonchev–Trinajstić information content (AvgIpc) is 2.76. The fourth-order valence-electron chi connectivity index (χ4n) is 1.36. The SMILES string of the molecule is CC(C)C(C)C(=O)NCCn1cnc(C(=O)O)c1. The topological polar surface area (TPSA) is 84.2 Å². The van der Waals surface area contributed by atoms with E-state index in [9.17, 15) is 9.59 Å². The second-order valence-electron chi connectivity index (χ2n) is 4.63. The number of carbonyl (C=O) groups is 2. The molecule has 0 aliphatic rings. The van der Waals surface area contributed by atoms with Gasteiger partial charge in [-0.05, 0) is 5.92 Å². The van der Waals surface area contributed by atoms with Crippen molar-refractivity contribution in [2.24, 2.45) is 11.8 Å². The Morgan fingerprint density at radius 1 is 1.44 bits per heavy atom. The number of carboxylic acid groups (broad SMARTS) is 1. The van der Waals surface area contributed by atoms with Gasteiger partial charge in [0.1, 0.15) is 0 Å². The number of amides is 1. The minimum Gasteiger partial charge on any atom is -0.476 e. The Kier molecular flexibility index (Phi) is 4.88. The molecule has 1 unspecified atom stereocenters. The van der Waals surface area contributed by atoms with Crippen molar-refractivity contribution in [3.05, 3.63) is 18.2 Å². The molecule has 18 heavy (non-hydrogen) atoms. The summed E-state index contributed by atoms with van der Waals surface area (Å²) in [4.78, 5) is 26.0. The first kappa shape index (κ1) is 14.2. The Bertz CT molecular complexity index is 426. The molecule has 1 aromatic rings. The number of imidazole rings is 1. The first-order valence-corrected chi connectivity index (χ1v) is 5.94. The summed E-state index contributed by atoms with van der Waals surface area (Å²) in [5.41, 5.74) is 0.0110. The first-order valence-electron chi connectivity index (χ1n) is 5.94. The van der Waals surface area contributed by atoms with Crippen LogP contribution in [-0.4, -0.2) is 33.1 Å². The molecule has 100 valence electrons. The van der Waals surface area contributed by atoms with E-state index >= 15 is 0 Å². The zero-order valence-corrected chi connectivity index (χ0v) is 10.9. The van der Waals surface area contributed by atoms with Crippen LogP contribution < -0.4 is 5.32 Å². The lowest BCUT2D eigenvalue weighted by molar-refractivity contribution is -0.125. The zero-order chi connectivity index (χ0) is 13.7. The van der Waals surface area contributed by atoms with Gasteiger partial charge in [0.05, 0.1) is 6.33 Å². The van der Waals surface area contributed by atoms with Gasteiger partial charge in [-0.25, -0.2) is 9.78 Å². The van der Waals surface area contributed by atoms with Gasteiger partial charge in [0.25, 0.3) is 0 Å². The molecule has 0 bridgehead atoms. The molecule has 1 rings (SSSR count). The Labute approximate surface area is 106 Å². The molecule has 0 spiro atoms. The van der Waals surface area contributed by atoms with E-state index in [2.05, 4.69) is 10.3 Å². The highest BCUT2D eigenvalue weighted by atomic mass is 16.4. The summed E-state index contributed by atoms with van der Waals surface area (Å²) in [6, 6.07) is 0. The molecule has 0 aromatic carbocycles. The van der Waals surface area contributed by atoms with Crippen LogP contribution in [0, 0.1) is 11.8 Å². The van der Waals surface area contributed by atoms with Gasteiger partial charge >= 0.3 is 5.97 Å². The predicted molar refractivity (Wildman–Crippen MR) is 66.2 cm³/mol. The van der Waals surface area contributed by atoms with Crippen LogP contribution in [0.15, 0.2) is 12.5 Å². The predicted octanol–water partition coefficient (Wildman–Crippen LogP) is 0.990. The number of carboxylic acids is 1. The van der Waals surface area contributed by atoms with Gasteiger partial charge in [-0.2, -0.15) is 0 Å². The highest BCUT2D eigenvalue weighted by molar-refractivity contribution is 5.84. The first-order chi connectivity index (χ1) is 8.41. The molecule has 1 aromatic heterocycles. The second-order valence-corrected chi connectivity index (χ2v) is 4.63. The third kappa shape index (κ3) is 3.87. The number of hydrogen-bond acceptors (Lipinski definition) is 3. The van der Waals surface area contributed by atoms with Crippen LogP contribution in [0.5, 0.6) is 0 Å². The van der Waals surface area contributed by atoms with Crippen molar-refractivity contribution in [3.63, 3.8) is 0 Å². The van der Waals surface area contributed by atoms with E-state index in [0.717, 1.165) is 0 Å². The summed E-state index contributed by atoms with van der Waals surface area (Å²) < 4.78 is 1.64. The van der Waals surface area contributed by atoms with Crippen molar-refractivity contribution in [3.8, 4) is 0 Å². The van der Waals surface area contributed by atoms with Crippen LogP contribution in [0.2, 0.25) is 0 Å². The fourth-order valence-corrected chi connectivity index (χ4v) is 1.36. The second kappa shape index (κ2) is 6.18. The van der Waals surface area contributed by atoms with Crippen LogP contribution >= 0.6 is 0 Å². The van der Waals surface area contributed by atoms with Crippen LogP contribution in [0.4, 0.5) is 0 Å². The third-order valence-corrected chi connectivity index (χ3v) is 2.94. The molecule has 0 saturated heterocycles. The van der Waals surface area contributed by atoms with Gasteiger partial charge in [0.2, 0.25) is 5.91 Å². The van der Waals surface area contributed by atoms with Crippen molar-refractivity contribution in [2.75, 3.05) is 6.54 Å². The van der Waals surface area contributed by atoms with Crippen LogP contribution in [0.1, 0.15) is 31.3 Å².